The van der Waals surface area contributed by atoms with Gasteiger partial charge in [-0.3, -0.25) is 4.79 Å². The van der Waals surface area contributed by atoms with Crippen LogP contribution in [0, 0.1) is 6.92 Å². The Morgan fingerprint density at radius 1 is 1.05 bits per heavy atom. The van der Waals surface area contributed by atoms with Crippen LogP contribution < -0.4 is 0 Å². The molecule has 0 fully saturated rings. The van der Waals surface area contributed by atoms with Crippen LogP contribution in [0.1, 0.15) is 33.8 Å². The van der Waals surface area contributed by atoms with E-state index in [0.29, 0.717) is 5.56 Å². The van der Waals surface area contributed by atoms with Crippen LogP contribution in [0.15, 0.2) is 54.6 Å². The van der Waals surface area contributed by atoms with Crippen molar-refractivity contribution in [3.63, 3.8) is 0 Å². The third-order valence-electron chi connectivity index (χ3n) is 3.32. The Hall–Kier alpha value is -2.10. The molecule has 0 heterocycles. The van der Waals surface area contributed by atoms with Gasteiger partial charge in [0.25, 0.3) is 0 Å². The predicted molar refractivity (Wildman–Crippen MR) is 75.4 cm³/mol. The number of aryl methyl sites for hydroxylation is 1. The summed E-state index contributed by atoms with van der Waals surface area (Å²) in [5.74, 6) is -2.27. The van der Waals surface area contributed by atoms with Gasteiger partial charge in [0, 0.05) is 12.0 Å². The molecule has 0 aliphatic carbocycles. The molecule has 1 unspecified atom stereocenters. The van der Waals surface area contributed by atoms with Gasteiger partial charge in [0.15, 0.2) is 5.78 Å². The number of carbonyl (C=O) groups is 1. The minimum absolute atomic E-state index is 0.131. The summed E-state index contributed by atoms with van der Waals surface area (Å²) in [4.78, 5) is 12.1. The van der Waals surface area contributed by atoms with Crippen LogP contribution in [0.3, 0.4) is 0 Å². The first-order valence-electron chi connectivity index (χ1n) is 6.59. The van der Waals surface area contributed by atoms with Gasteiger partial charge in [-0.15, -0.1) is 0 Å². The van der Waals surface area contributed by atoms with Crippen molar-refractivity contribution >= 4 is 5.78 Å². The standard InChI is InChI=1S/C17H15F3O/c1-12-6-5-9-14(10-12)15(17(18,19)20)11-16(21)13-7-3-2-4-8-13/h2-10,15H,11H2,1H3. The highest BCUT2D eigenvalue weighted by atomic mass is 19.4. The first kappa shape index (κ1) is 15.3. The second kappa shape index (κ2) is 6.12. The zero-order valence-corrected chi connectivity index (χ0v) is 11.5. The third kappa shape index (κ3) is 3.94. The Labute approximate surface area is 121 Å². The van der Waals surface area contributed by atoms with Crippen molar-refractivity contribution in [2.45, 2.75) is 25.4 Å². The van der Waals surface area contributed by atoms with E-state index < -0.39 is 24.3 Å². The minimum atomic E-state index is -4.45. The number of benzene rings is 2. The van der Waals surface area contributed by atoms with E-state index in [1.165, 1.54) is 24.3 Å². The van der Waals surface area contributed by atoms with E-state index >= 15 is 0 Å². The van der Waals surface area contributed by atoms with Gasteiger partial charge < -0.3 is 0 Å². The molecule has 1 nitrogen and oxygen atoms in total. The number of carbonyl (C=O) groups excluding carboxylic acids is 1. The second-order valence-corrected chi connectivity index (χ2v) is 5.00. The molecule has 0 saturated heterocycles. The SMILES string of the molecule is Cc1cccc(C(CC(=O)c2ccccc2)C(F)(F)F)c1. The van der Waals surface area contributed by atoms with Gasteiger partial charge in [0.1, 0.15) is 0 Å². The maximum Gasteiger partial charge on any atom is 0.396 e. The summed E-state index contributed by atoms with van der Waals surface area (Å²) >= 11 is 0. The molecular weight excluding hydrogens is 277 g/mol. The number of hydrogen-bond donors (Lipinski definition) is 0. The Morgan fingerprint density at radius 3 is 2.29 bits per heavy atom. The summed E-state index contributed by atoms with van der Waals surface area (Å²) in [6.07, 6.45) is -5.02. The molecule has 2 aromatic rings. The molecular formula is C17H15F3O. The highest BCUT2D eigenvalue weighted by Crippen LogP contribution is 2.38. The van der Waals surface area contributed by atoms with E-state index in [1.54, 1.807) is 37.3 Å². The molecule has 1 atom stereocenters. The number of halogens is 3. The van der Waals surface area contributed by atoms with Crippen LogP contribution in [-0.4, -0.2) is 12.0 Å². The van der Waals surface area contributed by atoms with E-state index in [2.05, 4.69) is 0 Å². The fourth-order valence-corrected chi connectivity index (χ4v) is 2.24. The number of hydrogen-bond acceptors (Lipinski definition) is 1. The summed E-state index contributed by atoms with van der Waals surface area (Å²) < 4.78 is 39.8. The molecule has 0 amide bonds. The van der Waals surface area contributed by atoms with Crippen molar-refractivity contribution < 1.29 is 18.0 Å². The van der Waals surface area contributed by atoms with Crippen LogP contribution in [0.5, 0.6) is 0 Å². The van der Waals surface area contributed by atoms with Gasteiger partial charge >= 0.3 is 6.18 Å². The normalized spacial score (nSPS) is 13.0. The molecule has 2 aromatic carbocycles. The average molecular weight is 292 g/mol. The highest BCUT2D eigenvalue weighted by molar-refractivity contribution is 5.96. The Bertz CT molecular complexity index is 617. The monoisotopic (exact) mass is 292 g/mol. The summed E-state index contributed by atoms with van der Waals surface area (Å²) in [5.41, 5.74) is 1.18. The van der Waals surface area contributed by atoms with Crippen molar-refractivity contribution in [1.82, 2.24) is 0 Å². The van der Waals surface area contributed by atoms with Crippen molar-refractivity contribution in [3.8, 4) is 0 Å². The van der Waals surface area contributed by atoms with E-state index in [-0.39, 0.29) is 5.56 Å². The quantitative estimate of drug-likeness (QED) is 0.731. The maximum absolute atomic E-state index is 13.3. The van der Waals surface area contributed by atoms with E-state index in [0.717, 1.165) is 5.56 Å². The van der Waals surface area contributed by atoms with Crippen LogP contribution in [0.4, 0.5) is 13.2 Å². The fraction of sp³-hybridized carbons (Fsp3) is 0.235. The van der Waals surface area contributed by atoms with E-state index in [4.69, 9.17) is 0 Å². The zero-order valence-electron chi connectivity index (χ0n) is 11.5. The van der Waals surface area contributed by atoms with Crippen molar-refractivity contribution in [2.75, 3.05) is 0 Å². The van der Waals surface area contributed by atoms with Crippen LogP contribution in [0.2, 0.25) is 0 Å². The first-order chi connectivity index (χ1) is 9.88. The highest BCUT2D eigenvalue weighted by Gasteiger charge is 2.41. The van der Waals surface area contributed by atoms with Gasteiger partial charge in [-0.25, -0.2) is 0 Å². The number of rotatable bonds is 4. The van der Waals surface area contributed by atoms with Gasteiger partial charge in [-0.1, -0.05) is 60.2 Å². The van der Waals surface area contributed by atoms with Gasteiger partial charge in [-0.2, -0.15) is 13.2 Å². The summed E-state index contributed by atoms with van der Waals surface area (Å²) in [5, 5.41) is 0. The number of Topliss-reactive ketones (excluding diaryl/α,β-unsaturated/α-hetero) is 1. The predicted octanol–water partition coefficient (Wildman–Crippen LogP) is 4.91. The van der Waals surface area contributed by atoms with Crippen molar-refractivity contribution in [2.24, 2.45) is 0 Å². The largest absolute Gasteiger partial charge is 0.396 e. The van der Waals surface area contributed by atoms with Crippen LogP contribution >= 0.6 is 0 Å². The Morgan fingerprint density at radius 2 is 1.71 bits per heavy atom. The Kier molecular flexibility index (Phi) is 4.46. The van der Waals surface area contributed by atoms with Crippen molar-refractivity contribution in [1.29, 1.82) is 0 Å². The molecule has 110 valence electrons. The molecule has 0 radical (unpaired) electrons. The summed E-state index contributed by atoms with van der Waals surface area (Å²) in [6, 6.07) is 14.3. The smallest absolute Gasteiger partial charge is 0.294 e. The number of alkyl halides is 3. The van der Waals surface area contributed by atoms with Gasteiger partial charge in [-0.05, 0) is 12.5 Å². The summed E-state index contributed by atoms with van der Waals surface area (Å²) in [6.45, 7) is 1.73. The molecule has 2 rings (SSSR count). The lowest BCUT2D eigenvalue weighted by molar-refractivity contribution is -0.149. The van der Waals surface area contributed by atoms with E-state index in [9.17, 15) is 18.0 Å². The molecule has 0 aliphatic rings. The fourth-order valence-electron chi connectivity index (χ4n) is 2.24. The molecule has 4 heteroatoms. The van der Waals surface area contributed by atoms with E-state index in [1.807, 2.05) is 0 Å². The first-order valence-corrected chi connectivity index (χ1v) is 6.59. The second-order valence-electron chi connectivity index (χ2n) is 5.00. The molecule has 0 N–H and O–H groups in total. The maximum atomic E-state index is 13.3. The Balaban J connectivity index is 2.28. The van der Waals surface area contributed by atoms with Crippen molar-refractivity contribution in [3.05, 3.63) is 71.3 Å². The van der Waals surface area contributed by atoms with Gasteiger partial charge in [0.2, 0.25) is 0 Å². The van der Waals surface area contributed by atoms with Crippen LogP contribution in [-0.2, 0) is 0 Å². The zero-order chi connectivity index (χ0) is 15.5. The molecule has 0 spiro atoms. The third-order valence-corrected chi connectivity index (χ3v) is 3.32. The lowest BCUT2D eigenvalue weighted by Gasteiger charge is -2.20. The molecule has 21 heavy (non-hydrogen) atoms. The lowest BCUT2D eigenvalue weighted by atomic mass is 9.90. The van der Waals surface area contributed by atoms with Gasteiger partial charge in [0.05, 0.1) is 5.92 Å². The summed E-state index contributed by atoms with van der Waals surface area (Å²) in [7, 11) is 0. The van der Waals surface area contributed by atoms with Crippen LogP contribution in [0.25, 0.3) is 0 Å². The number of ketones is 1. The lowest BCUT2D eigenvalue weighted by Crippen LogP contribution is -2.24. The molecule has 0 saturated carbocycles. The topological polar surface area (TPSA) is 17.1 Å². The molecule has 0 aliphatic heterocycles. The molecule has 0 bridgehead atoms. The minimum Gasteiger partial charge on any atom is -0.294 e. The molecule has 0 aromatic heterocycles. The average Bonchev–Trinajstić information content (AvgIpc) is 2.44.